The second-order valence-electron chi connectivity index (χ2n) is 5.71. The molecule has 0 radical (unpaired) electrons. The van der Waals surface area contributed by atoms with Crippen LogP contribution in [-0.4, -0.2) is 36.3 Å². The van der Waals surface area contributed by atoms with Gasteiger partial charge < -0.3 is 10.2 Å². The summed E-state index contributed by atoms with van der Waals surface area (Å²) in [7, 11) is 1.76. The van der Waals surface area contributed by atoms with Crippen molar-refractivity contribution >= 4 is 11.8 Å². The third-order valence-electron chi connectivity index (χ3n) is 4.11. The summed E-state index contributed by atoms with van der Waals surface area (Å²) in [6.45, 7) is 2.14. The topological polar surface area (TPSA) is 49.4 Å². The maximum absolute atomic E-state index is 13.4. The van der Waals surface area contributed by atoms with Crippen molar-refractivity contribution in [2.24, 2.45) is 5.92 Å². The van der Waals surface area contributed by atoms with Crippen molar-refractivity contribution in [3.63, 3.8) is 0 Å². The van der Waals surface area contributed by atoms with Crippen LogP contribution in [0.25, 0.3) is 0 Å². The van der Waals surface area contributed by atoms with Gasteiger partial charge in [-0.1, -0.05) is 0 Å². The molecule has 1 atom stereocenters. The molecule has 1 aliphatic carbocycles. The summed E-state index contributed by atoms with van der Waals surface area (Å²) in [5, 5.41) is 2.48. The summed E-state index contributed by atoms with van der Waals surface area (Å²) in [4.78, 5) is 25.5. The van der Waals surface area contributed by atoms with Crippen LogP contribution >= 0.6 is 0 Å². The van der Waals surface area contributed by atoms with Crippen molar-refractivity contribution in [2.45, 2.75) is 32.2 Å². The highest BCUT2D eigenvalue weighted by Crippen LogP contribution is 2.34. The largest absolute Gasteiger partial charge is 0.351 e. The number of halogens is 2. The monoisotopic (exact) mass is 310 g/mol. The van der Waals surface area contributed by atoms with Gasteiger partial charge in [0.1, 0.15) is 11.6 Å². The van der Waals surface area contributed by atoms with Crippen molar-refractivity contribution in [3.8, 4) is 0 Å². The van der Waals surface area contributed by atoms with E-state index >= 15 is 0 Å². The molecule has 1 fully saturated rings. The summed E-state index contributed by atoms with van der Waals surface area (Å²) in [6.07, 6.45) is 2.46. The molecule has 1 aliphatic rings. The fourth-order valence-electron chi connectivity index (χ4n) is 2.35. The lowest BCUT2D eigenvalue weighted by molar-refractivity contribution is -0.131. The van der Waals surface area contributed by atoms with Crippen molar-refractivity contribution in [1.82, 2.24) is 10.2 Å². The fourth-order valence-corrected chi connectivity index (χ4v) is 2.35. The molecule has 2 rings (SSSR count). The van der Waals surface area contributed by atoms with Crippen molar-refractivity contribution < 1.29 is 18.4 Å². The predicted octanol–water partition coefficient (Wildman–Crippen LogP) is 2.34. The Balaban J connectivity index is 1.80. The molecule has 1 unspecified atom stereocenters. The number of carbonyl (C=O) groups excluding carboxylic acids is 2. The van der Waals surface area contributed by atoms with Gasteiger partial charge in [-0.2, -0.15) is 0 Å². The summed E-state index contributed by atoms with van der Waals surface area (Å²) < 4.78 is 26.2. The van der Waals surface area contributed by atoms with Gasteiger partial charge in [-0.3, -0.25) is 9.59 Å². The Morgan fingerprint density at radius 3 is 2.64 bits per heavy atom. The van der Waals surface area contributed by atoms with Crippen LogP contribution < -0.4 is 5.32 Å². The number of nitrogens with one attached hydrogen (secondary N) is 1. The first-order valence-electron chi connectivity index (χ1n) is 7.39. The summed E-state index contributed by atoms with van der Waals surface area (Å²) in [5.74, 6) is -1.78. The molecule has 0 aromatic heterocycles. The van der Waals surface area contributed by atoms with Crippen LogP contribution in [0.5, 0.6) is 0 Å². The third-order valence-corrected chi connectivity index (χ3v) is 4.11. The summed E-state index contributed by atoms with van der Waals surface area (Å²) in [5.41, 5.74) is -0.228. The molecule has 1 aromatic carbocycles. The van der Waals surface area contributed by atoms with Crippen LogP contribution in [0.4, 0.5) is 8.78 Å². The predicted molar refractivity (Wildman–Crippen MR) is 78.3 cm³/mol. The molecule has 1 N–H and O–H groups in total. The molecular formula is C16H20F2N2O2. The third kappa shape index (κ3) is 4.02. The zero-order chi connectivity index (χ0) is 16.3. The van der Waals surface area contributed by atoms with E-state index in [1.54, 1.807) is 11.9 Å². The highest BCUT2D eigenvalue weighted by atomic mass is 19.1. The number of nitrogens with zero attached hydrogens (tertiary/aromatic N) is 1. The standard InChI is InChI=1S/C16H20F2N2O2/c1-10(11-3-4-11)20(2)15(21)7-8-19-16(22)13-6-5-12(17)9-14(13)18/h5-6,9-11H,3-4,7-8H2,1-2H3,(H,19,22). The molecular weight excluding hydrogens is 290 g/mol. The molecule has 1 saturated carbocycles. The Labute approximate surface area is 128 Å². The molecule has 0 saturated heterocycles. The lowest BCUT2D eigenvalue weighted by atomic mass is 10.1. The van der Waals surface area contributed by atoms with Gasteiger partial charge in [0.15, 0.2) is 0 Å². The molecule has 6 heteroatoms. The van der Waals surface area contributed by atoms with Gasteiger partial charge in [0.05, 0.1) is 5.56 Å². The van der Waals surface area contributed by atoms with Gasteiger partial charge in [-0.15, -0.1) is 0 Å². The Bertz CT molecular complexity index is 573. The van der Waals surface area contributed by atoms with Gasteiger partial charge >= 0.3 is 0 Å². The second-order valence-corrected chi connectivity index (χ2v) is 5.71. The average molecular weight is 310 g/mol. The minimum absolute atomic E-state index is 0.0562. The number of rotatable bonds is 6. The highest BCUT2D eigenvalue weighted by molar-refractivity contribution is 5.94. The molecule has 120 valence electrons. The average Bonchev–Trinajstić information content (AvgIpc) is 3.29. The molecule has 0 heterocycles. The first-order valence-corrected chi connectivity index (χ1v) is 7.39. The minimum atomic E-state index is -0.914. The fraction of sp³-hybridized carbons (Fsp3) is 0.500. The minimum Gasteiger partial charge on any atom is -0.351 e. The van der Waals surface area contributed by atoms with Gasteiger partial charge in [-0.25, -0.2) is 8.78 Å². The quantitative estimate of drug-likeness (QED) is 0.877. The second kappa shape index (κ2) is 6.85. The lowest BCUT2D eigenvalue weighted by Gasteiger charge is -2.25. The number of hydrogen-bond acceptors (Lipinski definition) is 2. The van der Waals surface area contributed by atoms with Crippen LogP contribution in [0.2, 0.25) is 0 Å². The highest BCUT2D eigenvalue weighted by Gasteiger charge is 2.32. The Morgan fingerprint density at radius 2 is 2.05 bits per heavy atom. The zero-order valence-corrected chi connectivity index (χ0v) is 12.7. The Hall–Kier alpha value is -1.98. The van der Waals surface area contributed by atoms with E-state index in [1.165, 1.54) is 0 Å². The van der Waals surface area contributed by atoms with Gasteiger partial charge in [0, 0.05) is 32.1 Å². The molecule has 4 nitrogen and oxygen atoms in total. The van der Waals surface area contributed by atoms with Crippen LogP contribution in [0.15, 0.2) is 18.2 Å². The van der Waals surface area contributed by atoms with Crippen molar-refractivity contribution in [3.05, 3.63) is 35.4 Å². The molecule has 0 spiro atoms. The Morgan fingerprint density at radius 1 is 1.36 bits per heavy atom. The van der Waals surface area contributed by atoms with E-state index in [2.05, 4.69) is 5.32 Å². The van der Waals surface area contributed by atoms with Crippen LogP contribution in [0.1, 0.15) is 36.5 Å². The summed E-state index contributed by atoms with van der Waals surface area (Å²) >= 11 is 0. The summed E-state index contributed by atoms with van der Waals surface area (Å²) in [6, 6.07) is 2.97. The first-order chi connectivity index (χ1) is 10.4. The number of benzene rings is 1. The van der Waals surface area contributed by atoms with Gasteiger partial charge in [0.25, 0.3) is 5.91 Å². The van der Waals surface area contributed by atoms with Crippen molar-refractivity contribution in [2.75, 3.05) is 13.6 Å². The molecule has 2 amide bonds. The van der Waals surface area contributed by atoms with E-state index in [-0.39, 0.29) is 30.5 Å². The molecule has 0 bridgehead atoms. The number of amides is 2. The first kappa shape index (κ1) is 16.4. The van der Waals surface area contributed by atoms with Crippen LogP contribution in [0.3, 0.4) is 0 Å². The van der Waals surface area contributed by atoms with Crippen LogP contribution in [0, 0.1) is 17.6 Å². The Kier molecular flexibility index (Phi) is 5.11. The lowest BCUT2D eigenvalue weighted by Crippen LogP contribution is -2.38. The van der Waals surface area contributed by atoms with E-state index < -0.39 is 17.5 Å². The molecule has 22 heavy (non-hydrogen) atoms. The van der Waals surface area contributed by atoms with E-state index in [1.807, 2.05) is 6.92 Å². The zero-order valence-electron chi connectivity index (χ0n) is 12.7. The SMILES string of the molecule is CC(C1CC1)N(C)C(=O)CCNC(=O)c1ccc(F)cc1F. The van der Waals surface area contributed by atoms with Crippen molar-refractivity contribution in [1.29, 1.82) is 0 Å². The normalized spacial score (nSPS) is 15.3. The van der Waals surface area contributed by atoms with Crippen LogP contribution in [-0.2, 0) is 4.79 Å². The number of carbonyl (C=O) groups is 2. The van der Waals surface area contributed by atoms with E-state index in [0.29, 0.717) is 12.0 Å². The van der Waals surface area contributed by atoms with E-state index in [9.17, 15) is 18.4 Å². The molecule has 0 aliphatic heterocycles. The maximum atomic E-state index is 13.4. The van der Waals surface area contributed by atoms with E-state index in [0.717, 1.165) is 25.0 Å². The van der Waals surface area contributed by atoms with E-state index in [4.69, 9.17) is 0 Å². The number of hydrogen-bond donors (Lipinski definition) is 1. The smallest absolute Gasteiger partial charge is 0.254 e. The van der Waals surface area contributed by atoms with Gasteiger partial charge in [-0.05, 0) is 37.8 Å². The molecule has 1 aromatic rings. The maximum Gasteiger partial charge on any atom is 0.254 e. The van der Waals surface area contributed by atoms with Gasteiger partial charge in [0.2, 0.25) is 5.91 Å².